The molecule has 2 rings (SSSR count). The molecule has 6 nitrogen and oxygen atoms in total. The highest BCUT2D eigenvalue weighted by Crippen LogP contribution is 2.23. The Kier molecular flexibility index (Phi) is 4.70. The van der Waals surface area contributed by atoms with Crippen LogP contribution >= 0.6 is 0 Å². The number of aromatic nitrogens is 1. The highest BCUT2D eigenvalue weighted by molar-refractivity contribution is 5.93. The molecule has 1 amide bonds. The molecule has 0 aromatic carbocycles. The van der Waals surface area contributed by atoms with Crippen LogP contribution in [0.4, 0.5) is 5.82 Å². The van der Waals surface area contributed by atoms with Crippen LogP contribution in [0.1, 0.15) is 36.2 Å². The maximum absolute atomic E-state index is 12.4. The lowest BCUT2D eigenvalue weighted by atomic mass is 10.1. The first-order valence-electron chi connectivity index (χ1n) is 6.61. The van der Waals surface area contributed by atoms with Gasteiger partial charge in [0.2, 0.25) is 0 Å². The van der Waals surface area contributed by atoms with Crippen LogP contribution in [-0.4, -0.2) is 40.1 Å². The fourth-order valence-electron chi connectivity index (χ4n) is 2.51. The molecule has 0 saturated carbocycles. The molecule has 19 heavy (non-hydrogen) atoms. The lowest BCUT2D eigenvalue weighted by Crippen LogP contribution is -2.36. The van der Waals surface area contributed by atoms with Gasteiger partial charge in [0.15, 0.2) is 0 Å². The number of rotatable bonds is 5. The molecule has 0 aliphatic carbocycles. The number of hydrazine groups is 1. The summed E-state index contributed by atoms with van der Waals surface area (Å²) < 4.78 is 0. The Morgan fingerprint density at radius 1 is 1.58 bits per heavy atom. The molecule has 1 unspecified atom stereocenters. The van der Waals surface area contributed by atoms with Crippen molar-refractivity contribution in [3.05, 3.63) is 23.9 Å². The first-order valence-corrected chi connectivity index (χ1v) is 6.61. The van der Waals surface area contributed by atoms with E-state index in [1.165, 1.54) is 0 Å². The Balaban J connectivity index is 2.09. The number of aliphatic hydroxyl groups is 1. The SMILES string of the molecule is NNc1cccc(C(=O)N2CCCC2CCCO)n1. The first-order chi connectivity index (χ1) is 9.26. The molecule has 1 saturated heterocycles. The zero-order valence-electron chi connectivity index (χ0n) is 10.9. The second kappa shape index (κ2) is 6.49. The van der Waals surface area contributed by atoms with Gasteiger partial charge in [-0.25, -0.2) is 10.8 Å². The topological polar surface area (TPSA) is 91.5 Å². The molecule has 1 fully saturated rings. The van der Waals surface area contributed by atoms with E-state index in [9.17, 15) is 4.79 Å². The van der Waals surface area contributed by atoms with Crippen LogP contribution in [0.2, 0.25) is 0 Å². The van der Waals surface area contributed by atoms with E-state index in [-0.39, 0.29) is 18.6 Å². The molecule has 1 atom stereocenters. The zero-order valence-corrected chi connectivity index (χ0v) is 10.9. The van der Waals surface area contributed by atoms with Crippen molar-refractivity contribution in [1.29, 1.82) is 0 Å². The number of carbonyl (C=O) groups excluding carboxylic acids is 1. The lowest BCUT2D eigenvalue weighted by Gasteiger charge is -2.24. The van der Waals surface area contributed by atoms with Crippen LogP contribution in [0.5, 0.6) is 0 Å². The molecule has 4 N–H and O–H groups in total. The predicted octanol–water partition coefficient (Wildman–Crippen LogP) is 0.744. The van der Waals surface area contributed by atoms with Gasteiger partial charge in [-0.15, -0.1) is 0 Å². The van der Waals surface area contributed by atoms with Crippen LogP contribution in [-0.2, 0) is 0 Å². The molecule has 1 aromatic rings. The summed E-state index contributed by atoms with van der Waals surface area (Å²) in [7, 11) is 0. The van der Waals surface area contributed by atoms with Gasteiger partial charge in [-0.2, -0.15) is 0 Å². The summed E-state index contributed by atoms with van der Waals surface area (Å²) in [6, 6.07) is 5.39. The Bertz CT molecular complexity index is 438. The number of nitrogens with one attached hydrogen (secondary N) is 1. The van der Waals surface area contributed by atoms with Crippen LogP contribution in [0.15, 0.2) is 18.2 Å². The Morgan fingerprint density at radius 3 is 3.16 bits per heavy atom. The molecule has 1 aliphatic rings. The monoisotopic (exact) mass is 264 g/mol. The van der Waals surface area contributed by atoms with Crippen molar-refractivity contribution in [3.8, 4) is 0 Å². The number of aliphatic hydroxyl groups excluding tert-OH is 1. The second-order valence-corrected chi connectivity index (χ2v) is 4.71. The van der Waals surface area contributed by atoms with Crippen molar-refractivity contribution in [2.75, 3.05) is 18.6 Å². The standard InChI is InChI=1S/C13H20N4O2/c14-16-12-7-1-6-11(15-12)13(19)17-8-2-4-10(17)5-3-9-18/h1,6-7,10,18H,2-5,8-9,14H2,(H,15,16). The normalized spacial score (nSPS) is 18.6. The summed E-state index contributed by atoms with van der Waals surface area (Å²) in [4.78, 5) is 18.5. The van der Waals surface area contributed by atoms with E-state index < -0.39 is 0 Å². The van der Waals surface area contributed by atoms with Gasteiger partial charge in [-0.05, 0) is 37.8 Å². The van der Waals surface area contributed by atoms with E-state index in [0.29, 0.717) is 11.5 Å². The van der Waals surface area contributed by atoms with Gasteiger partial charge in [-0.3, -0.25) is 4.79 Å². The van der Waals surface area contributed by atoms with Gasteiger partial charge in [0.25, 0.3) is 5.91 Å². The summed E-state index contributed by atoms with van der Waals surface area (Å²) >= 11 is 0. The number of anilines is 1. The highest BCUT2D eigenvalue weighted by Gasteiger charge is 2.29. The average Bonchev–Trinajstić information content (AvgIpc) is 2.92. The van der Waals surface area contributed by atoms with E-state index in [1.807, 2.05) is 4.90 Å². The number of amides is 1. The Morgan fingerprint density at radius 2 is 2.42 bits per heavy atom. The van der Waals surface area contributed by atoms with Gasteiger partial charge in [0.05, 0.1) is 0 Å². The number of hydrogen-bond acceptors (Lipinski definition) is 5. The van der Waals surface area contributed by atoms with Crippen LogP contribution in [0.25, 0.3) is 0 Å². The van der Waals surface area contributed by atoms with E-state index in [0.717, 1.165) is 32.2 Å². The molecule has 2 heterocycles. The van der Waals surface area contributed by atoms with E-state index >= 15 is 0 Å². The van der Waals surface area contributed by atoms with Crippen LogP contribution in [0, 0.1) is 0 Å². The molecule has 0 bridgehead atoms. The summed E-state index contributed by atoms with van der Waals surface area (Å²) in [6.45, 7) is 0.931. The van der Waals surface area contributed by atoms with Crippen molar-refractivity contribution in [2.24, 2.45) is 5.84 Å². The Labute approximate surface area is 112 Å². The minimum absolute atomic E-state index is 0.0578. The van der Waals surface area contributed by atoms with Crippen molar-refractivity contribution in [2.45, 2.75) is 31.7 Å². The minimum atomic E-state index is -0.0578. The fraction of sp³-hybridized carbons (Fsp3) is 0.538. The summed E-state index contributed by atoms with van der Waals surface area (Å²) in [5.74, 6) is 5.73. The maximum Gasteiger partial charge on any atom is 0.272 e. The van der Waals surface area contributed by atoms with Gasteiger partial charge in [0.1, 0.15) is 11.5 Å². The zero-order chi connectivity index (χ0) is 13.7. The summed E-state index contributed by atoms with van der Waals surface area (Å²) in [5, 5.41) is 8.90. The molecule has 0 radical (unpaired) electrons. The number of carbonyl (C=O) groups is 1. The van der Waals surface area contributed by atoms with E-state index in [2.05, 4.69) is 10.4 Å². The lowest BCUT2D eigenvalue weighted by molar-refractivity contribution is 0.0718. The third-order valence-electron chi connectivity index (χ3n) is 3.45. The van der Waals surface area contributed by atoms with Gasteiger partial charge in [-0.1, -0.05) is 6.07 Å². The maximum atomic E-state index is 12.4. The van der Waals surface area contributed by atoms with Crippen LogP contribution in [0.3, 0.4) is 0 Å². The number of nitrogen functional groups attached to an aromatic ring is 1. The third-order valence-corrected chi connectivity index (χ3v) is 3.45. The number of nitrogens with zero attached hydrogens (tertiary/aromatic N) is 2. The van der Waals surface area contributed by atoms with E-state index in [1.54, 1.807) is 18.2 Å². The molecule has 1 aromatic heterocycles. The molecule has 0 spiro atoms. The van der Waals surface area contributed by atoms with Gasteiger partial charge < -0.3 is 15.4 Å². The van der Waals surface area contributed by atoms with Crippen molar-refractivity contribution in [3.63, 3.8) is 0 Å². The minimum Gasteiger partial charge on any atom is -0.396 e. The summed E-state index contributed by atoms with van der Waals surface area (Å²) in [5.41, 5.74) is 2.85. The molecule has 1 aliphatic heterocycles. The third kappa shape index (κ3) is 3.21. The van der Waals surface area contributed by atoms with Crippen LogP contribution < -0.4 is 11.3 Å². The van der Waals surface area contributed by atoms with Crippen molar-refractivity contribution >= 4 is 11.7 Å². The summed E-state index contributed by atoms with van der Waals surface area (Å²) in [6.07, 6.45) is 3.58. The fourth-order valence-corrected chi connectivity index (χ4v) is 2.51. The molecular formula is C13H20N4O2. The smallest absolute Gasteiger partial charge is 0.272 e. The largest absolute Gasteiger partial charge is 0.396 e. The molecule has 6 heteroatoms. The quantitative estimate of drug-likeness (QED) is 0.539. The van der Waals surface area contributed by atoms with E-state index in [4.69, 9.17) is 10.9 Å². The Hall–Kier alpha value is -1.66. The number of likely N-dealkylation sites (tertiary alicyclic amines) is 1. The highest BCUT2D eigenvalue weighted by atomic mass is 16.3. The van der Waals surface area contributed by atoms with Gasteiger partial charge >= 0.3 is 0 Å². The number of nitrogens with two attached hydrogens (primary N) is 1. The molecule has 104 valence electrons. The molecular weight excluding hydrogens is 244 g/mol. The van der Waals surface area contributed by atoms with Crippen molar-refractivity contribution < 1.29 is 9.90 Å². The van der Waals surface area contributed by atoms with Crippen molar-refractivity contribution in [1.82, 2.24) is 9.88 Å². The predicted molar refractivity (Wildman–Crippen MR) is 72.4 cm³/mol. The van der Waals surface area contributed by atoms with Gasteiger partial charge in [0, 0.05) is 19.2 Å². The first kappa shape index (κ1) is 13.8. The number of hydrogen-bond donors (Lipinski definition) is 3. The average molecular weight is 264 g/mol. The second-order valence-electron chi connectivity index (χ2n) is 4.71. The number of pyridine rings is 1.